The molecule has 0 aliphatic rings. The summed E-state index contributed by atoms with van der Waals surface area (Å²) >= 11 is 5.63. The van der Waals surface area contributed by atoms with Gasteiger partial charge in [-0.2, -0.15) is 0 Å². The van der Waals surface area contributed by atoms with Gasteiger partial charge in [0.05, 0.1) is 5.56 Å². The molecular formula is C13H12ClNO2. The maximum Gasteiger partial charge on any atom is 0.336 e. The van der Waals surface area contributed by atoms with Crippen molar-refractivity contribution in [1.29, 1.82) is 0 Å². The van der Waals surface area contributed by atoms with E-state index in [-0.39, 0.29) is 0 Å². The number of allylic oxidation sites excluding steroid dienone is 1. The minimum Gasteiger partial charge on any atom is -0.478 e. The number of aromatic carboxylic acids is 1. The predicted molar refractivity (Wildman–Crippen MR) is 68.5 cm³/mol. The highest BCUT2D eigenvalue weighted by molar-refractivity contribution is 6.25. The Balaban J connectivity index is 2.55. The number of rotatable bonds is 3. The minimum absolute atomic E-state index is 0.328. The molecule has 0 atom stereocenters. The number of carboxylic acids is 1. The zero-order valence-corrected chi connectivity index (χ0v) is 10.1. The molecule has 2 aromatic rings. The molecule has 3 nitrogen and oxygen atoms in total. The summed E-state index contributed by atoms with van der Waals surface area (Å²) in [5.41, 5.74) is 3.79. The number of carbonyl (C=O) groups is 1. The van der Waals surface area contributed by atoms with Crippen molar-refractivity contribution in [3.05, 3.63) is 47.1 Å². The maximum absolute atomic E-state index is 11.1. The van der Waals surface area contributed by atoms with Gasteiger partial charge in [-0.1, -0.05) is 17.7 Å². The highest BCUT2D eigenvalue weighted by Gasteiger charge is 2.10. The van der Waals surface area contributed by atoms with Crippen molar-refractivity contribution < 1.29 is 9.90 Å². The number of hydrogen-bond acceptors (Lipinski definition) is 1. The molecule has 0 bridgehead atoms. The molecule has 0 saturated heterocycles. The van der Waals surface area contributed by atoms with Gasteiger partial charge in [-0.05, 0) is 30.7 Å². The molecule has 0 radical (unpaired) electrons. The lowest BCUT2D eigenvalue weighted by atomic mass is 10.1. The summed E-state index contributed by atoms with van der Waals surface area (Å²) in [4.78, 5) is 11.1. The van der Waals surface area contributed by atoms with E-state index in [4.69, 9.17) is 16.7 Å². The summed E-state index contributed by atoms with van der Waals surface area (Å²) < 4.78 is 1.98. The van der Waals surface area contributed by atoms with E-state index < -0.39 is 5.97 Å². The van der Waals surface area contributed by atoms with Gasteiger partial charge < -0.3 is 9.67 Å². The number of nitrogens with zero attached hydrogens (tertiary/aromatic N) is 1. The molecule has 0 amide bonds. The lowest BCUT2D eigenvalue weighted by Crippen LogP contribution is -1.99. The number of hydrogen-bond donors (Lipinski definition) is 1. The van der Waals surface area contributed by atoms with Gasteiger partial charge in [0.2, 0.25) is 0 Å². The van der Waals surface area contributed by atoms with E-state index in [1.165, 1.54) is 5.54 Å². The Labute approximate surface area is 104 Å². The fourth-order valence-electron chi connectivity index (χ4n) is 1.85. The molecule has 0 spiro atoms. The molecule has 0 aliphatic heterocycles. The van der Waals surface area contributed by atoms with E-state index >= 15 is 0 Å². The second-order valence-electron chi connectivity index (χ2n) is 3.94. The molecule has 1 aromatic heterocycles. The fraction of sp³-hybridized carbons (Fsp3) is 0.154. The van der Waals surface area contributed by atoms with Crippen LogP contribution >= 0.6 is 11.6 Å². The van der Waals surface area contributed by atoms with Crippen LogP contribution in [0.2, 0.25) is 0 Å². The van der Waals surface area contributed by atoms with Crippen molar-refractivity contribution in [2.24, 2.45) is 0 Å². The van der Waals surface area contributed by atoms with Crippen LogP contribution in [0, 0.1) is 0 Å². The zero-order valence-electron chi connectivity index (χ0n) is 9.35. The van der Waals surface area contributed by atoms with Crippen LogP contribution in [0.15, 0.2) is 41.6 Å². The molecule has 88 valence electrons. The average Bonchev–Trinajstić information content (AvgIpc) is 2.72. The highest BCUT2D eigenvalue weighted by Crippen LogP contribution is 2.21. The summed E-state index contributed by atoms with van der Waals surface area (Å²) in [6, 6.07) is 7.09. The maximum atomic E-state index is 11.1. The molecule has 1 aromatic carbocycles. The fourth-order valence-corrected chi connectivity index (χ4v) is 1.92. The van der Waals surface area contributed by atoms with Gasteiger partial charge in [0, 0.05) is 29.2 Å². The first-order chi connectivity index (χ1) is 8.13. The second kappa shape index (κ2) is 4.63. The summed E-state index contributed by atoms with van der Waals surface area (Å²) in [6.07, 6.45) is 1.88. The van der Waals surface area contributed by atoms with Crippen LogP contribution < -0.4 is 0 Å². The highest BCUT2D eigenvalue weighted by atomic mass is 35.5. The number of aromatic nitrogens is 1. The monoisotopic (exact) mass is 249 g/mol. The Morgan fingerprint density at radius 3 is 2.88 bits per heavy atom. The molecule has 0 saturated carbocycles. The molecule has 2 rings (SSSR count). The molecule has 0 unspecified atom stereocenters. The Kier molecular flexibility index (Phi) is 3.20. The Bertz CT molecular complexity index is 598. The van der Waals surface area contributed by atoms with Gasteiger partial charge in [-0.25, -0.2) is 4.79 Å². The summed E-state index contributed by atoms with van der Waals surface area (Å²) in [5.74, 6) is -0.905. The van der Waals surface area contributed by atoms with E-state index in [1.54, 1.807) is 12.1 Å². The largest absolute Gasteiger partial charge is 0.478 e. The molecule has 1 heterocycles. The van der Waals surface area contributed by atoms with Gasteiger partial charge in [0.15, 0.2) is 0 Å². The van der Waals surface area contributed by atoms with E-state index in [0.717, 1.165) is 16.5 Å². The molecule has 4 heteroatoms. The third-order valence-corrected chi connectivity index (χ3v) is 3.02. The van der Waals surface area contributed by atoms with Crippen molar-refractivity contribution in [2.45, 2.75) is 13.5 Å². The summed E-state index contributed by atoms with van der Waals surface area (Å²) in [6.45, 7) is 2.59. The molecular weight excluding hydrogens is 238 g/mol. The molecule has 0 aliphatic carbocycles. The topological polar surface area (TPSA) is 42.2 Å². The molecule has 0 fully saturated rings. The predicted octanol–water partition coefficient (Wildman–Crippen LogP) is 3.48. The SMILES string of the molecule is C/C(=C/Cl)Cn1ccc2c(C(=O)O)cccc21. The normalized spacial score (nSPS) is 12.0. The first-order valence-electron chi connectivity index (χ1n) is 5.20. The van der Waals surface area contributed by atoms with Gasteiger partial charge in [0.25, 0.3) is 0 Å². The minimum atomic E-state index is -0.905. The van der Waals surface area contributed by atoms with E-state index in [0.29, 0.717) is 12.1 Å². The number of halogens is 1. The van der Waals surface area contributed by atoms with Crippen LogP contribution in [0.5, 0.6) is 0 Å². The van der Waals surface area contributed by atoms with Crippen LogP contribution in [0.3, 0.4) is 0 Å². The lowest BCUT2D eigenvalue weighted by Gasteiger charge is -2.05. The van der Waals surface area contributed by atoms with E-state index in [9.17, 15) is 4.79 Å². The first-order valence-corrected chi connectivity index (χ1v) is 5.64. The van der Waals surface area contributed by atoms with Crippen LogP contribution in [0.4, 0.5) is 0 Å². The van der Waals surface area contributed by atoms with E-state index in [2.05, 4.69) is 0 Å². The number of carboxylic acid groups (broad SMARTS) is 1. The number of benzene rings is 1. The van der Waals surface area contributed by atoms with Crippen molar-refractivity contribution in [1.82, 2.24) is 4.57 Å². The molecule has 1 N–H and O–H groups in total. The van der Waals surface area contributed by atoms with Crippen molar-refractivity contribution >= 4 is 28.5 Å². The Hall–Kier alpha value is -1.74. The molecule has 17 heavy (non-hydrogen) atoms. The van der Waals surface area contributed by atoms with Crippen LogP contribution in [-0.2, 0) is 6.54 Å². The smallest absolute Gasteiger partial charge is 0.336 e. The first kappa shape index (κ1) is 11.7. The van der Waals surface area contributed by atoms with Crippen molar-refractivity contribution in [3.8, 4) is 0 Å². The summed E-state index contributed by atoms with van der Waals surface area (Å²) in [7, 11) is 0. The van der Waals surface area contributed by atoms with Crippen molar-refractivity contribution in [3.63, 3.8) is 0 Å². The van der Waals surface area contributed by atoms with Crippen molar-refractivity contribution in [2.75, 3.05) is 0 Å². The van der Waals surface area contributed by atoms with Gasteiger partial charge in [-0.15, -0.1) is 0 Å². The number of fused-ring (bicyclic) bond motifs is 1. The van der Waals surface area contributed by atoms with Gasteiger partial charge in [-0.3, -0.25) is 0 Å². The van der Waals surface area contributed by atoms with Crippen LogP contribution in [0.25, 0.3) is 10.9 Å². The van der Waals surface area contributed by atoms with Gasteiger partial charge >= 0.3 is 5.97 Å². The third-order valence-electron chi connectivity index (χ3n) is 2.65. The van der Waals surface area contributed by atoms with E-state index in [1.807, 2.05) is 29.8 Å². The standard InChI is InChI=1S/C13H12ClNO2/c1-9(7-14)8-15-6-5-10-11(13(16)17)3-2-4-12(10)15/h2-7H,8H2,1H3,(H,16,17)/b9-7-. The third kappa shape index (κ3) is 2.19. The zero-order chi connectivity index (χ0) is 12.4. The summed E-state index contributed by atoms with van der Waals surface area (Å²) in [5, 5.41) is 9.83. The van der Waals surface area contributed by atoms with Gasteiger partial charge in [0.1, 0.15) is 0 Å². The second-order valence-corrected chi connectivity index (χ2v) is 4.16. The Morgan fingerprint density at radius 1 is 1.47 bits per heavy atom. The average molecular weight is 250 g/mol. The van der Waals surface area contributed by atoms with Crippen LogP contribution in [0.1, 0.15) is 17.3 Å². The lowest BCUT2D eigenvalue weighted by molar-refractivity contribution is 0.0699. The quantitative estimate of drug-likeness (QED) is 0.905. The van der Waals surface area contributed by atoms with Crippen LogP contribution in [-0.4, -0.2) is 15.6 Å². The Morgan fingerprint density at radius 2 is 2.24 bits per heavy atom.